The number of hydrogen-bond donors (Lipinski definition) is 0. The minimum absolute atomic E-state index is 0.0477. The van der Waals surface area contributed by atoms with Gasteiger partial charge in [0, 0.05) is 42.0 Å². The summed E-state index contributed by atoms with van der Waals surface area (Å²) < 4.78 is 6.66. The molecule has 7 heteroatoms. The number of benzene rings is 1. The van der Waals surface area contributed by atoms with E-state index in [2.05, 4.69) is 58.8 Å². The van der Waals surface area contributed by atoms with E-state index in [0.717, 1.165) is 32.2 Å². The first kappa shape index (κ1) is 23.2. The van der Waals surface area contributed by atoms with Crippen LogP contribution < -0.4 is 4.90 Å². The van der Waals surface area contributed by atoms with Crippen LogP contribution in [-0.2, 0) is 9.53 Å². The summed E-state index contributed by atoms with van der Waals surface area (Å²) in [6.07, 6.45) is 3.97. The maximum atomic E-state index is 12.7. The first-order valence-electron chi connectivity index (χ1n) is 10.9. The van der Waals surface area contributed by atoms with Gasteiger partial charge in [-0.15, -0.1) is 0 Å². The fraction of sp³-hybridized carbons (Fsp3) is 0.652. The van der Waals surface area contributed by atoms with E-state index < -0.39 is 11.7 Å². The van der Waals surface area contributed by atoms with E-state index >= 15 is 0 Å². The highest BCUT2D eigenvalue weighted by Crippen LogP contribution is 2.30. The summed E-state index contributed by atoms with van der Waals surface area (Å²) in [7, 11) is 2.16. The van der Waals surface area contributed by atoms with Crippen molar-refractivity contribution in [1.82, 2.24) is 9.80 Å². The second-order valence-corrected chi connectivity index (χ2v) is 10.8. The molecule has 0 spiro atoms. The molecule has 1 saturated carbocycles. The molecule has 2 fully saturated rings. The standard InChI is InChI=1S/C23H34IN3O3/c1-23(2,3)30-22(29)26-13-14-27(21(28)16-26)20-9-5-17(6-10-20)15-25(4)19-11-7-18(24)8-12-19/h7-8,11-12,17,20H,5-6,9-10,13-16H2,1-4H3/t17-,20-. The van der Waals surface area contributed by atoms with Crippen LogP contribution in [0.4, 0.5) is 10.5 Å². The van der Waals surface area contributed by atoms with Crippen LogP contribution in [0.15, 0.2) is 24.3 Å². The largest absolute Gasteiger partial charge is 0.444 e. The Kier molecular flexibility index (Phi) is 7.52. The molecule has 0 atom stereocenters. The van der Waals surface area contributed by atoms with Crippen molar-refractivity contribution < 1.29 is 14.3 Å². The summed E-state index contributed by atoms with van der Waals surface area (Å²) in [5, 5.41) is 0. The zero-order chi connectivity index (χ0) is 21.9. The minimum Gasteiger partial charge on any atom is -0.444 e. The lowest BCUT2D eigenvalue weighted by Crippen LogP contribution is -2.56. The van der Waals surface area contributed by atoms with E-state index in [4.69, 9.17) is 4.74 Å². The molecule has 1 heterocycles. The van der Waals surface area contributed by atoms with Gasteiger partial charge in [0.2, 0.25) is 5.91 Å². The normalized spacial score (nSPS) is 22.8. The van der Waals surface area contributed by atoms with E-state index in [1.807, 2.05) is 25.7 Å². The minimum atomic E-state index is -0.541. The van der Waals surface area contributed by atoms with Crippen LogP contribution in [0, 0.1) is 9.49 Å². The van der Waals surface area contributed by atoms with Crippen LogP contribution in [0.25, 0.3) is 0 Å². The maximum absolute atomic E-state index is 12.7. The number of carbonyl (C=O) groups excluding carboxylic acids is 2. The van der Waals surface area contributed by atoms with E-state index in [9.17, 15) is 9.59 Å². The van der Waals surface area contributed by atoms with Gasteiger partial charge in [-0.1, -0.05) is 0 Å². The van der Waals surface area contributed by atoms with Gasteiger partial charge < -0.3 is 14.5 Å². The highest BCUT2D eigenvalue weighted by Gasteiger charge is 2.35. The first-order valence-corrected chi connectivity index (χ1v) is 11.9. The topological polar surface area (TPSA) is 53.1 Å². The SMILES string of the molecule is CN(C[C@H]1CC[C@H](N2CCN(C(=O)OC(C)(C)C)CC2=O)CC1)c1ccc(I)cc1. The quantitative estimate of drug-likeness (QED) is 0.546. The van der Waals surface area contributed by atoms with Crippen molar-refractivity contribution in [2.75, 3.05) is 38.1 Å². The average molecular weight is 527 g/mol. The number of hydrogen-bond acceptors (Lipinski definition) is 4. The molecule has 0 unspecified atom stereocenters. The zero-order valence-electron chi connectivity index (χ0n) is 18.6. The van der Waals surface area contributed by atoms with Crippen LogP contribution in [0.2, 0.25) is 0 Å². The molecule has 1 aromatic carbocycles. The van der Waals surface area contributed by atoms with Gasteiger partial charge in [-0.25, -0.2) is 4.79 Å². The third-order valence-corrected chi connectivity index (χ3v) is 6.68. The summed E-state index contributed by atoms with van der Waals surface area (Å²) >= 11 is 2.33. The number of ether oxygens (including phenoxy) is 1. The molecule has 0 bridgehead atoms. The molecule has 2 amide bonds. The Morgan fingerprint density at radius 3 is 2.33 bits per heavy atom. The molecular formula is C23H34IN3O3. The molecule has 3 rings (SSSR count). The Hall–Kier alpha value is -1.51. The molecule has 2 aliphatic rings. The van der Waals surface area contributed by atoms with Crippen LogP contribution in [0.5, 0.6) is 0 Å². The molecule has 6 nitrogen and oxygen atoms in total. The van der Waals surface area contributed by atoms with Crippen molar-refractivity contribution in [2.24, 2.45) is 5.92 Å². The summed E-state index contributed by atoms with van der Waals surface area (Å²) in [4.78, 5) is 30.8. The number of piperazine rings is 1. The summed E-state index contributed by atoms with van der Waals surface area (Å²) in [5.41, 5.74) is 0.715. The number of halogens is 1. The summed E-state index contributed by atoms with van der Waals surface area (Å²) in [6.45, 7) is 7.87. The number of carbonyl (C=O) groups is 2. The molecule has 1 aromatic rings. The van der Waals surface area contributed by atoms with E-state index in [0.29, 0.717) is 25.0 Å². The Morgan fingerprint density at radius 2 is 1.77 bits per heavy atom. The molecule has 166 valence electrons. The second kappa shape index (κ2) is 9.75. The van der Waals surface area contributed by atoms with Gasteiger partial charge in [-0.3, -0.25) is 9.69 Å². The lowest BCUT2D eigenvalue weighted by atomic mass is 9.84. The average Bonchev–Trinajstić information content (AvgIpc) is 2.68. The molecule has 0 radical (unpaired) electrons. The number of anilines is 1. The molecule has 0 aromatic heterocycles. The predicted molar refractivity (Wildman–Crippen MR) is 128 cm³/mol. The van der Waals surface area contributed by atoms with Crippen molar-refractivity contribution in [3.05, 3.63) is 27.8 Å². The lowest BCUT2D eigenvalue weighted by molar-refractivity contribution is -0.139. The molecule has 1 aliphatic heterocycles. The van der Waals surface area contributed by atoms with Crippen LogP contribution >= 0.6 is 22.6 Å². The van der Waals surface area contributed by atoms with Crippen LogP contribution in [-0.4, -0.2) is 66.7 Å². The highest BCUT2D eigenvalue weighted by molar-refractivity contribution is 14.1. The highest BCUT2D eigenvalue weighted by atomic mass is 127. The smallest absolute Gasteiger partial charge is 0.410 e. The number of rotatable bonds is 4. The Balaban J connectivity index is 1.45. The predicted octanol–water partition coefficient (Wildman–Crippen LogP) is 4.37. The van der Waals surface area contributed by atoms with Crippen LogP contribution in [0.1, 0.15) is 46.5 Å². The molecule has 1 saturated heterocycles. The van der Waals surface area contributed by atoms with E-state index in [-0.39, 0.29) is 12.5 Å². The third kappa shape index (κ3) is 6.25. The second-order valence-electron chi connectivity index (χ2n) is 9.52. The number of nitrogens with zero attached hydrogens (tertiary/aromatic N) is 3. The Morgan fingerprint density at radius 1 is 1.13 bits per heavy atom. The van der Waals surface area contributed by atoms with Gasteiger partial charge in [-0.2, -0.15) is 0 Å². The van der Waals surface area contributed by atoms with E-state index in [1.165, 1.54) is 14.2 Å². The zero-order valence-corrected chi connectivity index (χ0v) is 20.7. The molecule has 0 N–H and O–H groups in total. The Bertz CT molecular complexity index is 739. The lowest BCUT2D eigenvalue weighted by Gasteiger charge is -2.42. The van der Waals surface area contributed by atoms with Crippen molar-refractivity contribution >= 4 is 40.3 Å². The van der Waals surface area contributed by atoms with Gasteiger partial charge in [0.1, 0.15) is 12.1 Å². The maximum Gasteiger partial charge on any atom is 0.410 e. The monoisotopic (exact) mass is 527 g/mol. The van der Waals surface area contributed by atoms with Gasteiger partial charge in [0.15, 0.2) is 0 Å². The van der Waals surface area contributed by atoms with Gasteiger partial charge >= 0.3 is 6.09 Å². The molecular weight excluding hydrogens is 493 g/mol. The number of amides is 2. The van der Waals surface area contributed by atoms with Crippen molar-refractivity contribution in [1.29, 1.82) is 0 Å². The van der Waals surface area contributed by atoms with Crippen molar-refractivity contribution in [3.8, 4) is 0 Å². The van der Waals surface area contributed by atoms with Gasteiger partial charge in [-0.05, 0) is 99.2 Å². The fourth-order valence-corrected chi connectivity index (χ4v) is 4.74. The summed E-state index contributed by atoms with van der Waals surface area (Å²) in [5.74, 6) is 0.704. The van der Waals surface area contributed by atoms with Gasteiger partial charge in [0.05, 0.1) is 0 Å². The molecule has 1 aliphatic carbocycles. The summed E-state index contributed by atoms with van der Waals surface area (Å²) in [6, 6.07) is 8.95. The van der Waals surface area contributed by atoms with Crippen molar-refractivity contribution in [2.45, 2.75) is 58.1 Å². The van der Waals surface area contributed by atoms with E-state index in [1.54, 1.807) is 0 Å². The fourth-order valence-electron chi connectivity index (χ4n) is 4.38. The third-order valence-electron chi connectivity index (χ3n) is 5.97. The van der Waals surface area contributed by atoms with Crippen LogP contribution in [0.3, 0.4) is 0 Å². The first-order chi connectivity index (χ1) is 14.1. The Labute approximate surface area is 194 Å². The molecule has 30 heavy (non-hydrogen) atoms. The van der Waals surface area contributed by atoms with Gasteiger partial charge in [0.25, 0.3) is 0 Å². The van der Waals surface area contributed by atoms with Crippen molar-refractivity contribution in [3.63, 3.8) is 0 Å².